The minimum Gasteiger partial charge on any atom is -0.308 e. The van der Waals surface area contributed by atoms with Gasteiger partial charge in [-0.15, -0.1) is 0 Å². The Bertz CT molecular complexity index is 1360. The molecule has 0 aliphatic carbocycles. The molecule has 7 heteroatoms. The summed E-state index contributed by atoms with van der Waals surface area (Å²) in [5.41, 5.74) is 4.38. The predicted molar refractivity (Wildman–Crippen MR) is 144 cm³/mol. The number of nitrogens with one attached hydrogen (secondary N) is 1. The molecule has 0 bridgehead atoms. The van der Waals surface area contributed by atoms with Crippen LogP contribution in [-0.2, 0) is 16.6 Å². The van der Waals surface area contributed by atoms with Crippen LogP contribution in [-0.4, -0.2) is 56.9 Å². The number of hydrogen-bond acceptors (Lipinski definition) is 5. The van der Waals surface area contributed by atoms with E-state index < -0.39 is 10.0 Å². The zero-order valence-corrected chi connectivity index (χ0v) is 21.3. The average Bonchev–Trinajstić information content (AvgIpc) is 2.86. The number of likely N-dealkylation sites (N-methyl/N-ethyl adjacent to an activating group) is 2. The first kappa shape index (κ1) is 24.9. The van der Waals surface area contributed by atoms with Crippen molar-refractivity contribution in [2.45, 2.75) is 18.4 Å². The van der Waals surface area contributed by atoms with Crippen molar-refractivity contribution in [1.29, 1.82) is 0 Å². The molecule has 0 aliphatic rings. The first-order valence-electron chi connectivity index (χ1n) is 11.8. The number of sulfonamides is 1. The minimum absolute atomic E-state index is 0.168. The summed E-state index contributed by atoms with van der Waals surface area (Å²) in [6.45, 7) is 6.21. The molecule has 0 saturated carbocycles. The number of hydrogen-bond donors (Lipinski definition) is 1. The summed E-state index contributed by atoms with van der Waals surface area (Å²) in [4.78, 5) is 9.07. The van der Waals surface area contributed by atoms with Gasteiger partial charge in [0, 0.05) is 36.9 Å². The highest BCUT2D eigenvalue weighted by Crippen LogP contribution is 2.26. The van der Waals surface area contributed by atoms with E-state index in [4.69, 9.17) is 0 Å². The van der Waals surface area contributed by atoms with E-state index >= 15 is 0 Å². The maximum atomic E-state index is 13.0. The summed E-state index contributed by atoms with van der Waals surface area (Å²) in [7, 11) is 0.426. The van der Waals surface area contributed by atoms with Gasteiger partial charge in [0.05, 0.1) is 5.52 Å². The van der Waals surface area contributed by atoms with Gasteiger partial charge in [-0.3, -0.25) is 14.6 Å². The van der Waals surface area contributed by atoms with Crippen molar-refractivity contribution in [3.05, 3.63) is 90.6 Å². The van der Waals surface area contributed by atoms with Gasteiger partial charge in [0.15, 0.2) is 0 Å². The van der Waals surface area contributed by atoms with Crippen molar-refractivity contribution in [2.75, 3.05) is 38.5 Å². The van der Waals surface area contributed by atoms with E-state index in [9.17, 15) is 8.42 Å². The number of fused-ring (bicyclic) bond motifs is 1. The molecule has 4 aromatic rings. The Balaban J connectivity index is 1.45. The third-order valence-corrected chi connectivity index (χ3v) is 7.44. The summed E-state index contributed by atoms with van der Waals surface area (Å²) in [6.07, 6.45) is 1.60. The highest BCUT2D eigenvalue weighted by Gasteiger charge is 2.18. The van der Waals surface area contributed by atoms with Crippen LogP contribution in [0.3, 0.4) is 0 Å². The van der Waals surface area contributed by atoms with Gasteiger partial charge in [-0.2, -0.15) is 0 Å². The number of rotatable bonds is 10. The van der Waals surface area contributed by atoms with Gasteiger partial charge in [-0.25, -0.2) is 8.42 Å². The maximum absolute atomic E-state index is 13.0. The number of benzene rings is 3. The molecule has 0 radical (unpaired) electrons. The standard InChI is InChI=1S/C28H32N4O2S/c1-4-32(20-19-31(2)3)21-22-10-12-23(13-11-22)24-14-16-26(17-15-24)30-35(33,34)27-9-5-7-25-8-6-18-29-28(25)27/h5-18,30H,4,19-21H2,1-3H3. The van der Waals surface area contributed by atoms with Crippen molar-refractivity contribution in [2.24, 2.45) is 0 Å². The lowest BCUT2D eigenvalue weighted by molar-refractivity contribution is 0.244. The van der Waals surface area contributed by atoms with Gasteiger partial charge in [-0.05, 0) is 61.6 Å². The summed E-state index contributed by atoms with van der Waals surface area (Å²) < 4.78 is 28.8. The van der Waals surface area contributed by atoms with Crippen LogP contribution in [0.2, 0.25) is 0 Å². The van der Waals surface area contributed by atoms with Gasteiger partial charge in [0.25, 0.3) is 10.0 Å². The molecular formula is C28H32N4O2S. The number of nitrogens with zero attached hydrogens (tertiary/aromatic N) is 3. The molecule has 0 atom stereocenters. The number of aromatic nitrogens is 1. The van der Waals surface area contributed by atoms with Gasteiger partial charge in [0.1, 0.15) is 4.90 Å². The molecule has 0 aliphatic heterocycles. The van der Waals surface area contributed by atoms with Gasteiger partial charge >= 0.3 is 0 Å². The molecule has 1 aromatic heterocycles. The Kier molecular flexibility index (Phi) is 7.80. The van der Waals surface area contributed by atoms with Crippen LogP contribution >= 0.6 is 0 Å². The van der Waals surface area contributed by atoms with Crippen molar-refractivity contribution in [3.8, 4) is 11.1 Å². The van der Waals surface area contributed by atoms with Crippen LogP contribution in [0.25, 0.3) is 22.0 Å². The summed E-state index contributed by atoms with van der Waals surface area (Å²) in [6, 6.07) is 24.8. The monoisotopic (exact) mass is 488 g/mol. The first-order valence-corrected chi connectivity index (χ1v) is 13.3. The van der Waals surface area contributed by atoms with E-state index in [1.165, 1.54) is 5.56 Å². The van der Waals surface area contributed by atoms with Gasteiger partial charge < -0.3 is 4.90 Å². The molecule has 3 aromatic carbocycles. The summed E-state index contributed by atoms with van der Waals surface area (Å²) in [5.74, 6) is 0. The number of pyridine rings is 1. The van der Waals surface area contributed by atoms with Gasteiger partial charge in [-0.1, -0.05) is 61.5 Å². The normalized spacial score (nSPS) is 11.9. The Labute approximate surface area is 208 Å². The SMILES string of the molecule is CCN(CCN(C)C)Cc1ccc(-c2ccc(NS(=O)(=O)c3cccc4cccnc34)cc2)cc1. The third-order valence-electron chi connectivity index (χ3n) is 6.03. The molecule has 1 N–H and O–H groups in total. The van der Waals surface area contributed by atoms with Crippen molar-refractivity contribution >= 4 is 26.6 Å². The summed E-state index contributed by atoms with van der Waals surface area (Å²) in [5, 5.41) is 0.786. The molecule has 1 heterocycles. The van der Waals surface area contributed by atoms with Crippen LogP contribution in [0.15, 0.2) is 90.0 Å². The van der Waals surface area contributed by atoms with Crippen LogP contribution in [0, 0.1) is 0 Å². The quantitative estimate of drug-likeness (QED) is 0.337. The van der Waals surface area contributed by atoms with E-state index in [2.05, 4.69) is 64.8 Å². The topological polar surface area (TPSA) is 65.5 Å². The van der Waals surface area contributed by atoms with Gasteiger partial charge in [0.2, 0.25) is 0 Å². The Morgan fingerprint density at radius 3 is 2.14 bits per heavy atom. The molecule has 6 nitrogen and oxygen atoms in total. The molecule has 0 fully saturated rings. The van der Waals surface area contributed by atoms with E-state index in [0.717, 1.165) is 42.7 Å². The largest absolute Gasteiger partial charge is 0.308 e. The zero-order valence-electron chi connectivity index (χ0n) is 20.5. The molecule has 182 valence electrons. The zero-order chi connectivity index (χ0) is 24.8. The second-order valence-electron chi connectivity index (χ2n) is 8.88. The van der Waals surface area contributed by atoms with Crippen LogP contribution in [0.5, 0.6) is 0 Å². The molecule has 4 rings (SSSR count). The fraction of sp³-hybridized carbons (Fsp3) is 0.250. The smallest absolute Gasteiger partial charge is 0.264 e. The average molecular weight is 489 g/mol. The predicted octanol–water partition coefficient (Wildman–Crippen LogP) is 5.09. The Morgan fingerprint density at radius 2 is 1.49 bits per heavy atom. The number of para-hydroxylation sites is 1. The molecule has 0 amide bonds. The maximum Gasteiger partial charge on any atom is 0.264 e. The highest BCUT2D eigenvalue weighted by atomic mass is 32.2. The van der Waals surface area contributed by atoms with Crippen LogP contribution in [0.1, 0.15) is 12.5 Å². The van der Waals surface area contributed by atoms with E-state index in [1.54, 1.807) is 36.5 Å². The molecule has 35 heavy (non-hydrogen) atoms. The molecular weight excluding hydrogens is 456 g/mol. The first-order chi connectivity index (χ1) is 16.9. The fourth-order valence-corrected chi connectivity index (χ4v) is 5.22. The molecule has 0 unspecified atom stereocenters. The second-order valence-corrected chi connectivity index (χ2v) is 10.5. The van der Waals surface area contributed by atoms with E-state index in [-0.39, 0.29) is 4.90 Å². The minimum atomic E-state index is -3.77. The third kappa shape index (κ3) is 6.25. The second kappa shape index (κ2) is 11.0. The van der Waals surface area contributed by atoms with Crippen molar-refractivity contribution in [1.82, 2.24) is 14.8 Å². The van der Waals surface area contributed by atoms with Crippen molar-refractivity contribution in [3.63, 3.8) is 0 Å². The van der Waals surface area contributed by atoms with Crippen LogP contribution in [0.4, 0.5) is 5.69 Å². The van der Waals surface area contributed by atoms with Crippen molar-refractivity contribution < 1.29 is 8.42 Å². The lowest BCUT2D eigenvalue weighted by atomic mass is 10.0. The van der Waals surface area contributed by atoms with E-state index in [1.807, 2.05) is 24.3 Å². The Hall–Kier alpha value is -3.26. The lowest BCUT2D eigenvalue weighted by Crippen LogP contribution is -2.31. The molecule has 0 spiro atoms. The summed E-state index contributed by atoms with van der Waals surface area (Å²) >= 11 is 0. The Morgan fingerprint density at radius 1 is 0.829 bits per heavy atom. The fourth-order valence-electron chi connectivity index (χ4n) is 3.99. The highest BCUT2D eigenvalue weighted by molar-refractivity contribution is 7.93. The van der Waals surface area contributed by atoms with Crippen LogP contribution < -0.4 is 4.72 Å². The van der Waals surface area contributed by atoms with E-state index in [0.29, 0.717) is 11.2 Å². The lowest BCUT2D eigenvalue weighted by Gasteiger charge is -2.22. The number of anilines is 1. The molecule has 0 saturated heterocycles.